The van der Waals surface area contributed by atoms with Crippen molar-refractivity contribution in [2.45, 2.75) is 27.2 Å². The molecule has 0 aliphatic heterocycles. The lowest BCUT2D eigenvalue weighted by Crippen LogP contribution is -2.29. The van der Waals surface area contributed by atoms with E-state index in [1.54, 1.807) is 6.07 Å². The third kappa shape index (κ3) is 3.63. The first-order chi connectivity index (χ1) is 9.04. The van der Waals surface area contributed by atoms with Crippen LogP contribution in [-0.2, 0) is 4.74 Å². The minimum Gasteiger partial charge on any atom is -0.465 e. The van der Waals surface area contributed by atoms with Crippen LogP contribution in [0.25, 0.3) is 0 Å². The number of nitrogens with zero attached hydrogens (tertiary/aromatic N) is 1. The molecule has 19 heavy (non-hydrogen) atoms. The number of ether oxygens (including phenoxy) is 1. The van der Waals surface area contributed by atoms with Crippen LogP contribution in [0, 0.1) is 5.92 Å². The average molecular weight is 264 g/mol. The van der Waals surface area contributed by atoms with Gasteiger partial charge in [-0.05, 0) is 25.0 Å². The van der Waals surface area contributed by atoms with Gasteiger partial charge in [-0.1, -0.05) is 26.3 Å². The molecule has 0 amide bonds. The van der Waals surface area contributed by atoms with Gasteiger partial charge < -0.3 is 15.4 Å². The van der Waals surface area contributed by atoms with Crippen LogP contribution in [-0.4, -0.2) is 26.2 Å². The molecule has 4 heteroatoms. The van der Waals surface area contributed by atoms with Crippen molar-refractivity contribution >= 4 is 17.3 Å². The van der Waals surface area contributed by atoms with Gasteiger partial charge in [0, 0.05) is 13.1 Å². The second-order valence-electron chi connectivity index (χ2n) is 4.78. The molecule has 0 saturated carbocycles. The van der Waals surface area contributed by atoms with Gasteiger partial charge in [-0.2, -0.15) is 0 Å². The molecule has 1 unspecified atom stereocenters. The highest BCUT2D eigenvalue weighted by molar-refractivity contribution is 5.98. The maximum absolute atomic E-state index is 11.7. The smallest absolute Gasteiger partial charge is 0.340 e. The summed E-state index contributed by atoms with van der Waals surface area (Å²) in [6, 6.07) is 5.49. The number of nitrogen functional groups attached to an aromatic ring is 1. The van der Waals surface area contributed by atoms with Crippen LogP contribution in [0.1, 0.15) is 37.6 Å². The number of hydrogen-bond donors (Lipinski definition) is 1. The van der Waals surface area contributed by atoms with Gasteiger partial charge in [0.1, 0.15) is 0 Å². The highest BCUT2D eigenvalue weighted by Crippen LogP contribution is 2.28. The Hall–Kier alpha value is -1.71. The number of carbonyl (C=O) groups excluding carboxylic acids is 1. The molecule has 1 atom stereocenters. The number of esters is 1. The maximum Gasteiger partial charge on any atom is 0.340 e. The predicted molar refractivity (Wildman–Crippen MR) is 79.5 cm³/mol. The first kappa shape index (κ1) is 15.3. The standard InChI is InChI=1S/C15H24N2O2/c1-5-11(3)10-17(6-2)13-9-7-8-12(14(13)16)15(18)19-4/h7-9,11H,5-6,10,16H2,1-4H3. The van der Waals surface area contributed by atoms with Crippen molar-refractivity contribution in [2.24, 2.45) is 5.92 Å². The Morgan fingerprint density at radius 1 is 1.42 bits per heavy atom. The van der Waals surface area contributed by atoms with E-state index >= 15 is 0 Å². The number of methoxy groups -OCH3 is 1. The monoisotopic (exact) mass is 264 g/mol. The average Bonchev–Trinajstić information content (AvgIpc) is 2.44. The van der Waals surface area contributed by atoms with Crippen molar-refractivity contribution < 1.29 is 9.53 Å². The molecule has 0 heterocycles. The number of anilines is 2. The summed E-state index contributed by atoms with van der Waals surface area (Å²) >= 11 is 0. The summed E-state index contributed by atoms with van der Waals surface area (Å²) in [7, 11) is 1.37. The number of benzene rings is 1. The van der Waals surface area contributed by atoms with Crippen molar-refractivity contribution in [3.63, 3.8) is 0 Å². The Kier molecular flexibility index (Phi) is 5.67. The third-order valence-electron chi connectivity index (χ3n) is 3.44. The maximum atomic E-state index is 11.7. The van der Waals surface area contributed by atoms with Crippen LogP contribution in [0.15, 0.2) is 18.2 Å². The fourth-order valence-electron chi connectivity index (χ4n) is 2.02. The fourth-order valence-corrected chi connectivity index (χ4v) is 2.02. The van der Waals surface area contributed by atoms with E-state index in [9.17, 15) is 4.79 Å². The van der Waals surface area contributed by atoms with E-state index in [1.165, 1.54) is 7.11 Å². The Morgan fingerprint density at radius 3 is 2.63 bits per heavy atom. The predicted octanol–water partition coefficient (Wildman–Crippen LogP) is 2.93. The topological polar surface area (TPSA) is 55.6 Å². The van der Waals surface area contributed by atoms with Crippen LogP contribution >= 0.6 is 0 Å². The van der Waals surface area contributed by atoms with Gasteiger partial charge in [-0.25, -0.2) is 4.79 Å². The Balaban J connectivity index is 3.07. The molecular formula is C15H24N2O2. The molecule has 0 saturated heterocycles. The van der Waals surface area contributed by atoms with Crippen molar-refractivity contribution in [3.05, 3.63) is 23.8 Å². The molecule has 0 spiro atoms. The fraction of sp³-hybridized carbons (Fsp3) is 0.533. The van der Waals surface area contributed by atoms with E-state index in [0.717, 1.165) is 25.2 Å². The molecule has 0 bridgehead atoms. The zero-order valence-corrected chi connectivity index (χ0v) is 12.3. The number of rotatable bonds is 6. The summed E-state index contributed by atoms with van der Waals surface area (Å²) in [5.41, 5.74) is 7.95. The zero-order valence-electron chi connectivity index (χ0n) is 12.3. The summed E-state index contributed by atoms with van der Waals surface area (Å²) in [6.45, 7) is 8.27. The lowest BCUT2D eigenvalue weighted by atomic mass is 10.1. The largest absolute Gasteiger partial charge is 0.465 e. The third-order valence-corrected chi connectivity index (χ3v) is 3.44. The second kappa shape index (κ2) is 7.02. The van der Waals surface area contributed by atoms with Crippen molar-refractivity contribution in [1.82, 2.24) is 0 Å². The van der Waals surface area contributed by atoms with Gasteiger partial charge in [0.25, 0.3) is 0 Å². The first-order valence-corrected chi connectivity index (χ1v) is 6.76. The normalized spacial score (nSPS) is 12.0. The van der Waals surface area contributed by atoms with Gasteiger partial charge in [-0.3, -0.25) is 0 Å². The lowest BCUT2D eigenvalue weighted by Gasteiger charge is -2.28. The molecule has 0 aliphatic rings. The van der Waals surface area contributed by atoms with E-state index in [4.69, 9.17) is 10.5 Å². The minimum absolute atomic E-state index is 0.390. The van der Waals surface area contributed by atoms with E-state index in [1.807, 2.05) is 12.1 Å². The molecule has 4 nitrogen and oxygen atoms in total. The quantitative estimate of drug-likeness (QED) is 0.634. The summed E-state index contributed by atoms with van der Waals surface area (Å²) in [5, 5.41) is 0. The Labute approximate surface area is 115 Å². The second-order valence-corrected chi connectivity index (χ2v) is 4.78. The lowest BCUT2D eigenvalue weighted by molar-refractivity contribution is 0.0602. The Bertz CT molecular complexity index is 432. The molecule has 2 N–H and O–H groups in total. The molecule has 0 fully saturated rings. The summed E-state index contributed by atoms with van der Waals surface area (Å²) in [4.78, 5) is 13.9. The SMILES string of the molecule is CCC(C)CN(CC)c1cccc(C(=O)OC)c1N. The van der Waals surface area contributed by atoms with Gasteiger partial charge in [0.2, 0.25) is 0 Å². The molecule has 1 aromatic rings. The van der Waals surface area contributed by atoms with Crippen molar-refractivity contribution in [2.75, 3.05) is 30.8 Å². The molecular weight excluding hydrogens is 240 g/mol. The van der Waals surface area contributed by atoms with Crippen LogP contribution in [0.2, 0.25) is 0 Å². The van der Waals surface area contributed by atoms with Gasteiger partial charge in [0.05, 0.1) is 24.0 Å². The van der Waals surface area contributed by atoms with Gasteiger partial charge in [0.15, 0.2) is 0 Å². The van der Waals surface area contributed by atoms with E-state index in [-0.39, 0.29) is 5.97 Å². The summed E-state index contributed by atoms with van der Waals surface area (Å²) in [6.07, 6.45) is 1.12. The highest BCUT2D eigenvalue weighted by Gasteiger charge is 2.17. The molecule has 0 aliphatic carbocycles. The van der Waals surface area contributed by atoms with Crippen LogP contribution in [0.3, 0.4) is 0 Å². The van der Waals surface area contributed by atoms with Crippen molar-refractivity contribution in [1.29, 1.82) is 0 Å². The first-order valence-electron chi connectivity index (χ1n) is 6.76. The highest BCUT2D eigenvalue weighted by atomic mass is 16.5. The van der Waals surface area contributed by atoms with Crippen LogP contribution in [0.5, 0.6) is 0 Å². The molecule has 1 aromatic carbocycles. The summed E-state index contributed by atoms with van der Waals surface area (Å²) in [5.74, 6) is 0.195. The van der Waals surface area contributed by atoms with E-state index in [0.29, 0.717) is 17.2 Å². The van der Waals surface area contributed by atoms with E-state index in [2.05, 4.69) is 25.7 Å². The number of carbonyl (C=O) groups is 1. The number of nitrogens with two attached hydrogens (primary N) is 1. The Morgan fingerprint density at radius 2 is 2.11 bits per heavy atom. The molecule has 0 radical (unpaired) electrons. The number of hydrogen-bond acceptors (Lipinski definition) is 4. The molecule has 106 valence electrons. The van der Waals surface area contributed by atoms with Crippen molar-refractivity contribution in [3.8, 4) is 0 Å². The molecule has 1 rings (SSSR count). The number of para-hydroxylation sites is 1. The van der Waals surface area contributed by atoms with Crippen LogP contribution < -0.4 is 10.6 Å². The van der Waals surface area contributed by atoms with Gasteiger partial charge >= 0.3 is 5.97 Å². The summed E-state index contributed by atoms with van der Waals surface area (Å²) < 4.78 is 4.75. The molecule has 0 aromatic heterocycles. The zero-order chi connectivity index (χ0) is 14.4. The minimum atomic E-state index is -0.390. The van der Waals surface area contributed by atoms with E-state index < -0.39 is 0 Å². The van der Waals surface area contributed by atoms with Gasteiger partial charge in [-0.15, -0.1) is 0 Å². The van der Waals surface area contributed by atoms with Crippen LogP contribution in [0.4, 0.5) is 11.4 Å².